The molecule has 2 aromatic carbocycles. The van der Waals surface area contributed by atoms with Gasteiger partial charge in [0, 0.05) is 29.1 Å². The van der Waals surface area contributed by atoms with Gasteiger partial charge in [0.05, 0.1) is 18.2 Å². The lowest BCUT2D eigenvalue weighted by atomic mass is 9.45. The van der Waals surface area contributed by atoms with E-state index in [0.717, 1.165) is 49.1 Å². The van der Waals surface area contributed by atoms with E-state index < -0.39 is 17.1 Å². The van der Waals surface area contributed by atoms with Gasteiger partial charge in [-0.25, -0.2) is 4.79 Å². The van der Waals surface area contributed by atoms with Gasteiger partial charge in [-0.15, -0.1) is 0 Å². The van der Waals surface area contributed by atoms with Crippen molar-refractivity contribution in [2.75, 3.05) is 13.1 Å². The maximum atomic E-state index is 14.3. The predicted octanol–water partition coefficient (Wildman–Crippen LogP) is 8.45. The zero-order valence-electron chi connectivity index (χ0n) is 30.8. The van der Waals surface area contributed by atoms with Crippen LogP contribution in [0.4, 0.5) is 4.79 Å². The number of allylic oxidation sites excluding steroid dienone is 2. The van der Waals surface area contributed by atoms with E-state index in [1.54, 1.807) is 0 Å². The summed E-state index contributed by atoms with van der Waals surface area (Å²) in [5.74, 6) is 1.72. The van der Waals surface area contributed by atoms with Gasteiger partial charge >= 0.3 is 6.03 Å². The van der Waals surface area contributed by atoms with E-state index in [2.05, 4.69) is 51.2 Å². The Morgan fingerprint density at radius 3 is 2.45 bits per heavy atom. The summed E-state index contributed by atoms with van der Waals surface area (Å²) in [5.41, 5.74) is 3.06. The second-order valence-corrected chi connectivity index (χ2v) is 17.3. The highest BCUT2D eigenvalue weighted by Gasteiger charge is 2.59. The quantitative estimate of drug-likeness (QED) is 0.204. The fourth-order valence-electron chi connectivity index (χ4n) is 10.3. The maximum absolute atomic E-state index is 14.3. The smallest absolute Gasteiger partial charge is 0.317 e. The number of nitrogens with one attached hydrogen (secondary N) is 1. The molecule has 49 heavy (non-hydrogen) atoms. The highest BCUT2D eigenvalue weighted by molar-refractivity contribution is 6.10. The Morgan fingerprint density at radius 2 is 1.76 bits per heavy atom. The molecule has 2 aromatic rings. The van der Waals surface area contributed by atoms with Crippen LogP contribution >= 0.6 is 0 Å². The van der Waals surface area contributed by atoms with Crippen LogP contribution in [0, 0.1) is 28.6 Å². The topological polar surface area (TPSA) is 89.9 Å². The highest BCUT2D eigenvalue weighted by Crippen LogP contribution is 2.62. The van der Waals surface area contributed by atoms with Crippen LogP contribution in [0.2, 0.25) is 0 Å². The Kier molecular flexibility index (Phi) is 10.2. The third-order valence-electron chi connectivity index (χ3n) is 13.6. The summed E-state index contributed by atoms with van der Waals surface area (Å²) >= 11 is 0. The van der Waals surface area contributed by atoms with Crippen LogP contribution in [-0.2, 0) is 6.42 Å². The maximum Gasteiger partial charge on any atom is 0.317 e. The molecule has 3 N–H and O–H groups in total. The lowest BCUT2D eigenvalue weighted by Crippen LogP contribution is -2.59. The number of hydrogen-bond acceptors (Lipinski definition) is 4. The minimum Gasteiger partial charge on any atom is -0.393 e. The molecule has 0 heterocycles. The van der Waals surface area contributed by atoms with Crippen LogP contribution in [0.15, 0.2) is 60.2 Å². The van der Waals surface area contributed by atoms with Crippen LogP contribution in [0.25, 0.3) is 0 Å². The first-order valence-corrected chi connectivity index (χ1v) is 19.1. The Hall–Kier alpha value is -2.96. The molecule has 6 heteroatoms. The molecule has 266 valence electrons. The van der Waals surface area contributed by atoms with Gasteiger partial charge in [0.15, 0.2) is 5.78 Å². The van der Waals surface area contributed by atoms with Crippen molar-refractivity contribution in [1.29, 1.82) is 0 Å². The van der Waals surface area contributed by atoms with Crippen molar-refractivity contribution in [3.05, 3.63) is 82.4 Å². The molecule has 8 rings (SSSR count). The monoisotopic (exact) mass is 668 g/mol. The Labute approximate surface area is 294 Å². The zero-order valence-corrected chi connectivity index (χ0v) is 30.8. The fraction of sp³-hybridized carbons (Fsp3) is 0.628. The van der Waals surface area contributed by atoms with Gasteiger partial charge < -0.3 is 20.4 Å². The molecule has 6 aliphatic carbocycles. The number of benzene rings is 2. The van der Waals surface area contributed by atoms with E-state index in [-0.39, 0.29) is 30.3 Å². The molecule has 4 bridgehead atoms. The minimum absolute atomic E-state index is 0.00139. The van der Waals surface area contributed by atoms with Gasteiger partial charge in [0.25, 0.3) is 0 Å². The van der Waals surface area contributed by atoms with Gasteiger partial charge in [0.1, 0.15) is 0 Å². The molecule has 6 aliphatic rings. The van der Waals surface area contributed by atoms with Crippen LogP contribution < -0.4 is 5.32 Å². The average Bonchev–Trinajstić information content (AvgIpc) is 3.31. The van der Waals surface area contributed by atoms with Crippen LogP contribution in [0.3, 0.4) is 0 Å². The first-order chi connectivity index (χ1) is 23.2. The normalized spacial score (nSPS) is 32.4. The molecule has 0 spiro atoms. The minimum atomic E-state index is -1.14. The third kappa shape index (κ3) is 7.02. The van der Waals surface area contributed by atoms with Crippen LogP contribution in [-0.4, -0.2) is 57.8 Å². The lowest BCUT2D eigenvalue weighted by molar-refractivity contribution is -0.117. The number of amides is 2. The Morgan fingerprint density at radius 1 is 1.00 bits per heavy atom. The van der Waals surface area contributed by atoms with Gasteiger partial charge in [-0.1, -0.05) is 74.9 Å². The van der Waals surface area contributed by atoms with E-state index in [1.165, 1.54) is 18.4 Å². The summed E-state index contributed by atoms with van der Waals surface area (Å²) in [6, 6.07) is 15.5. The molecule has 0 unspecified atom stereocenters. The van der Waals surface area contributed by atoms with E-state index in [1.807, 2.05) is 55.1 Å². The molecule has 0 aromatic heterocycles. The zero-order chi connectivity index (χ0) is 35.1. The van der Waals surface area contributed by atoms with E-state index in [0.29, 0.717) is 54.2 Å². The standard InChI is InChI=1S/C43H60N2O4/c1-28(2)44-40(48)45(26-32-16-17-33-25-38(32)41(33,4)5)27-43(49)22-20-37-35-19-15-30(24-36(35)39(47)31-12-8-7-9-13-31)23-34(46)18-14-29(3)11-10-21-42(37,43)6/h7-9,11-13,15,19,24,28,32-34,37-38,46,49H,10,14,16-18,20-23,25-27H2,1-6H3,(H,44,48)/t32-,33-,34-,37-,38-,42-,43+/m0/s1. The Balaban J connectivity index is 1.39. The largest absolute Gasteiger partial charge is 0.393 e. The van der Waals surface area contributed by atoms with Crippen molar-refractivity contribution < 1.29 is 19.8 Å². The second kappa shape index (κ2) is 14.0. The number of rotatable bonds is 7. The van der Waals surface area contributed by atoms with Gasteiger partial charge in [0.2, 0.25) is 0 Å². The van der Waals surface area contributed by atoms with Crippen LogP contribution in [0.5, 0.6) is 0 Å². The van der Waals surface area contributed by atoms with Crippen molar-refractivity contribution in [3.63, 3.8) is 0 Å². The molecule has 4 fully saturated rings. The molecule has 0 aliphatic heterocycles. The van der Waals surface area contributed by atoms with Crippen molar-refractivity contribution in [2.24, 2.45) is 28.6 Å². The molecule has 0 radical (unpaired) electrons. The predicted molar refractivity (Wildman–Crippen MR) is 197 cm³/mol. The summed E-state index contributed by atoms with van der Waals surface area (Å²) in [6.45, 7) is 14.1. The molecular formula is C43H60N2O4. The molecular weight excluding hydrogens is 608 g/mol. The van der Waals surface area contributed by atoms with Crippen molar-refractivity contribution in [1.82, 2.24) is 10.2 Å². The van der Waals surface area contributed by atoms with E-state index in [9.17, 15) is 19.8 Å². The highest BCUT2D eigenvalue weighted by atomic mass is 16.3. The van der Waals surface area contributed by atoms with E-state index >= 15 is 0 Å². The average molecular weight is 669 g/mol. The number of fused-ring (bicyclic) bond motifs is 10. The fourth-order valence-corrected chi connectivity index (χ4v) is 10.3. The number of aliphatic hydroxyl groups excluding tert-OH is 1. The summed E-state index contributed by atoms with van der Waals surface area (Å²) in [7, 11) is 0. The first-order valence-electron chi connectivity index (χ1n) is 19.1. The SMILES string of the molecule is CC1=CCC[C@@]2(C)[C@@H](CC[C@@]2(O)CN(C[C@@H]2CC[C@H]3C[C@@H]2C3(C)C)C(=O)NC(C)C)c2ccc(cc2C(=O)c2ccccc2)C[C@@H](O)CC1. The molecule has 7 atom stereocenters. The number of urea groups is 1. The summed E-state index contributed by atoms with van der Waals surface area (Å²) in [4.78, 5) is 30.2. The van der Waals surface area contributed by atoms with Crippen LogP contribution in [0.1, 0.15) is 132 Å². The van der Waals surface area contributed by atoms with Crippen molar-refractivity contribution in [2.45, 2.75) is 129 Å². The Bertz CT molecular complexity index is 1550. The third-order valence-corrected chi connectivity index (χ3v) is 13.6. The van der Waals surface area contributed by atoms with Gasteiger partial charge in [-0.3, -0.25) is 4.79 Å². The number of carbonyl (C=O) groups is 2. The second-order valence-electron chi connectivity index (χ2n) is 17.3. The summed E-state index contributed by atoms with van der Waals surface area (Å²) in [6.07, 6.45) is 10.2. The molecule has 4 saturated carbocycles. The summed E-state index contributed by atoms with van der Waals surface area (Å²) < 4.78 is 0. The van der Waals surface area contributed by atoms with Crippen molar-refractivity contribution >= 4 is 11.8 Å². The van der Waals surface area contributed by atoms with Gasteiger partial charge in [-0.05, 0) is 131 Å². The number of nitrogens with zero attached hydrogens (tertiary/aromatic N) is 1. The number of carbonyl (C=O) groups excluding carboxylic acids is 2. The lowest BCUT2D eigenvalue weighted by Gasteiger charge is -2.60. The molecule has 6 nitrogen and oxygen atoms in total. The first kappa shape index (κ1) is 35.9. The molecule has 0 saturated heterocycles. The summed E-state index contributed by atoms with van der Waals surface area (Å²) in [5, 5.41) is 27.2. The molecule has 2 amide bonds. The number of ketones is 1. The van der Waals surface area contributed by atoms with E-state index in [4.69, 9.17) is 0 Å². The number of hydrogen-bond donors (Lipinski definition) is 3. The van der Waals surface area contributed by atoms with Gasteiger partial charge in [-0.2, -0.15) is 0 Å². The number of aliphatic hydroxyl groups is 2. The van der Waals surface area contributed by atoms with Crippen molar-refractivity contribution in [3.8, 4) is 0 Å².